The van der Waals surface area contributed by atoms with E-state index in [1.807, 2.05) is 0 Å². The SMILES string of the molecule is CC(C)(C)n1c(CBr)nnc1C1CCS(=O)(=O)C1. The maximum absolute atomic E-state index is 11.6. The van der Waals surface area contributed by atoms with E-state index < -0.39 is 9.84 Å². The van der Waals surface area contributed by atoms with Crippen LogP contribution in [0, 0.1) is 0 Å². The van der Waals surface area contributed by atoms with Crippen LogP contribution in [0.4, 0.5) is 0 Å². The Balaban J connectivity index is 2.44. The second kappa shape index (κ2) is 4.59. The van der Waals surface area contributed by atoms with Gasteiger partial charge in [0.15, 0.2) is 9.84 Å². The highest BCUT2D eigenvalue weighted by Crippen LogP contribution is 2.31. The van der Waals surface area contributed by atoms with Gasteiger partial charge < -0.3 is 4.57 Å². The molecule has 1 aliphatic heterocycles. The molecule has 0 spiro atoms. The molecule has 2 rings (SSSR count). The number of sulfone groups is 1. The molecule has 18 heavy (non-hydrogen) atoms. The zero-order chi connectivity index (χ0) is 13.6. The van der Waals surface area contributed by atoms with Crippen LogP contribution >= 0.6 is 15.9 Å². The van der Waals surface area contributed by atoms with Crippen molar-refractivity contribution in [1.82, 2.24) is 14.8 Å². The number of nitrogens with zero attached hydrogens (tertiary/aromatic N) is 3. The molecule has 0 saturated carbocycles. The number of hydrogen-bond acceptors (Lipinski definition) is 4. The van der Waals surface area contributed by atoms with E-state index in [2.05, 4.69) is 51.5 Å². The molecule has 0 radical (unpaired) electrons. The van der Waals surface area contributed by atoms with Crippen LogP contribution < -0.4 is 0 Å². The first-order valence-electron chi connectivity index (χ1n) is 5.95. The summed E-state index contributed by atoms with van der Waals surface area (Å²) in [6.45, 7) is 6.24. The Morgan fingerprint density at radius 1 is 1.39 bits per heavy atom. The van der Waals surface area contributed by atoms with Gasteiger partial charge >= 0.3 is 0 Å². The quantitative estimate of drug-likeness (QED) is 0.773. The monoisotopic (exact) mass is 335 g/mol. The fourth-order valence-corrected chi connectivity index (χ4v) is 4.51. The maximum atomic E-state index is 11.6. The molecule has 0 aliphatic carbocycles. The van der Waals surface area contributed by atoms with Gasteiger partial charge in [0.1, 0.15) is 11.6 Å². The van der Waals surface area contributed by atoms with Crippen molar-refractivity contribution in [3.05, 3.63) is 11.6 Å². The van der Waals surface area contributed by atoms with E-state index >= 15 is 0 Å². The molecular weight excluding hydrogens is 318 g/mol. The number of hydrogen-bond donors (Lipinski definition) is 0. The van der Waals surface area contributed by atoms with Gasteiger partial charge in [0.2, 0.25) is 0 Å². The second-order valence-electron chi connectivity index (χ2n) is 5.71. The van der Waals surface area contributed by atoms with Crippen LogP contribution in [-0.4, -0.2) is 34.7 Å². The minimum absolute atomic E-state index is 0.0190. The molecule has 1 saturated heterocycles. The molecular formula is C11H18BrN3O2S. The van der Waals surface area contributed by atoms with E-state index in [4.69, 9.17) is 0 Å². The lowest BCUT2D eigenvalue weighted by molar-refractivity contribution is 0.366. The fraction of sp³-hybridized carbons (Fsp3) is 0.818. The molecule has 1 unspecified atom stereocenters. The molecule has 1 fully saturated rings. The van der Waals surface area contributed by atoms with E-state index in [-0.39, 0.29) is 23.0 Å². The Kier molecular flexibility index (Phi) is 3.57. The third-order valence-corrected chi connectivity index (χ3v) is 5.41. The van der Waals surface area contributed by atoms with E-state index in [0.29, 0.717) is 11.8 Å². The first-order valence-corrected chi connectivity index (χ1v) is 8.90. The van der Waals surface area contributed by atoms with Crippen LogP contribution in [0.2, 0.25) is 0 Å². The summed E-state index contributed by atoms with van der Waals surface area (Å²) in [6.07, 6.45) is 0.652. The lowest BCUT2D eigenvalue weighted by atomic mass is 10.0. The summed E-state index contributed by atoms with van der Waals surface area (Å²) >= 11 is 3.40. The largest absolute Gasteiger partial charge is 0.309 e. The Bertz CT molecular complexity index is 545. The fourth-order valence-electron chi connectivity index (χ4n) is 2.41. The number of aromatic nitrogens is 3. The topological polar surface area (TPSA) is 64.8 Å². The molecule has 1 atom stereocenters. The molecule has 1 aromatic rings. The van der Waals surface area contributed by atoms with Gasteiger partial charge in [0.05, 0.1) is 16.8 Å². The number of rotatable bonds is 2. The summed E-state index contributed by atoms with van der Waals surface area (Å²) in [4.78, 5) is 0. The van der Waals surface area contributed by atoms with Gasteiger partial charge in [0, 0.05) is 11.5 Å². The van der Waals surface area contributed by atoms with Crippen LogP contribution in [0.1, 0.15) is 44.8 Å². The smallest absolute Gasteiger partial charge is 0.151 e. The Hall–Kier alpha value is -0.430. The van der Waals surface area contributed by atoms with E-state index in [0.717, 1.165) is 11.6 Å². The highest BCUT2D eigenvalue weighted by molar-refractivity contribution is 9.08. The maximum Gasteiger partial charge on any atom is 0.151 e. The Morgan fingerprint density at radius 3 is 2.50 bits per heavy atom. The van der Waals surface area contributed by atoms with E-state index in [1.54, 1.807) is 0 Å². The van der Waals surface area contributed by atoms with Crippen LogP contribution in [0.3, 0.4) is 0 Å². The summed E-state index contributed by atoms with van der Waals surface area (Å²) in [5, 5.41) is 9.01. The van der Waals surface area contributed by atoms with Crippen LogP contribution in [0.25, 0.3) is 0 Å². The highest BCUT2D eigenvalue weighted by atomic mass is 79.9. The average Bonchev–Trinajstić information content (AvgIpc) is 2.79. The lowest BCUT2D eigenvalue weighted by Crippen LogP contribution is -2.27. The van der Waals surface area contributed by atoms with Crippen LogP contribution in [0.15, 0.2) is 0 Å². The number of halogens is 1. The lowest BCUT2D eigenvalue weighted by Gasteiger charge is -2.26. The zero-order valence-electron chi connectivity index (χ0n) is 10.9. The normalized spacial score (nSPS) is 23.4. The van der Waals surface area contributed by atoms with Crippen molar-refractivity contribution >= 4 is 25.8 Å². The van der Waals surface area contributed by atoms with Crippen LogP contribution in [0.5, 0.6) is 0 Å². The first kappa shape index (κ1) is 14.0. The molecule has 1 aliphatic rings. The first-order chi connectivity index (χ1) is 8.24. The standard InChI is InChI=1S/C11H18BrN3O2S/c1-11(2,3)15-9(6-12)13-14-10(15)8-4-5-18(16,17)7-8/h8H,4-7H2,1-3H3. The van der Waals surface area contributed by atoms with Gasteiger partial charge in [0.25, 0.3) is 0 Å². The average molecular weight is 336 g/mol. The van der Waals surface area contributed by atoms with Gasteiger partial charge in [-0.1, -0.05) is 15.9 Å². The van der Waals surface area contributed by atoms with E-state index in [9.17, 15) is 8.42 Å². The van der Waals surface area contributed by atoms with E-state index in [1.165, 1.54) is 0 Å². The van der Waals surface area contributed by atoms with Gasteiger partial charge in [-0.15, -0.1) is 10.2 Å². The summed E-state index contributed by atoms with van der Waals surface area (Å²) in [5.74, 6) is 2.09. The number of alkyl halides is 1. The van der Waals surface area contributed by atoms with Crippen molar-refractivity contribution in [3.63, 3.8) is 0 Å². The molecule has 0 bridgehead atoms. The molecule has 0 aromatic carbocycles. The molecule has 7 heteroatoms. The minimum Gasteiger partial charge on any atom is -0.309 e. The molecule has 102 valence electrons. The molecule has 2 heterocycles. The van der Waals surface area contributed by atoms with Crippen molar-refractivity contribution in [2.24, 2.45) is 0 Å². The van der Waals surface area contributed by atoms with Crippen molar-refractivity contribution in [2.75, 3.05) is 11.5 Å². The molecule has 1 aromatic heterocycles. The molecule has 0 N–H and O–H groups in total. The molecule has 0 amide bonds. The molecule has 5 nitrogen and oxygen atoms in total. The Morgan fingerprint density at radius 2 is 2.06 bits per heavy atom. The van der Waals surface area contributed by atoms with Gasteiger partial charge in [-0.05, 0) is 27.2 Å². The van der Waals surface area contributed by atoms with Gasteiger partial charge in [-0.3, -0.25) is 0 Å². The summed E-state index contributed by atoms with van der Waals surface area (Å²) in [6, 6.07) is 0. The summed E-state index contributed by atoms with van der Waals surface area (Å²) < 4.78 is 25.2. The van der Waals surface area contributed by atoms with Crippen LogP contribution in [-0.2, 0) is 20.7 Å². The van der Waals surface area contributed by atoms with Crippen molar-refractivity contribution in [2.45, 2.75) is 44.0 Å². The summed E-state index contributed by atoms with van der Waals surface area (Å²) in [7, 11) is -2.90. The van der Waals surface area contributed by atoms with Gasteiger partial charge in [-0.2, -0.15) is 0 Å². The predicted octanol–water partition coefficient (Wildman–Crippen LogP) is 1.83. The van der Waals surface area contributed by atoms with Crippen molar-refractivity contribution in [1.29, 1.82) is 0 Å². The van der Waals surface area contributed by atoms with Crippen molar-refractivity contribution < 1.29 is 8.42 Å². The highest BCUT2D eigenvalue weighted by Gasteiger charge is 2.35. The third kappa shape index (κ3) is 2.61. The Labute approximate surface area is 116 Å². The minimum atomic E-state index is -2.90. The third-order valence-electron chi connectivity index (χ3n) is 3.14. The predicted molar refractivity (Wildman–Crippen MR) is 73.7 cm³/mol. The second-order valence-corrected chi connectivity index (χ2v) is 8.50. The zero-order valence-corrected chi connectivity index (χ0v) is 13.3. The van der Waals surface area contributed by atoms with Crippen molar-refractivity contribution in [3.8, 4) is 0 Å². The summed E-state index contributed by atoms with van der Waals surface area (Å²) in [5.41, 5.74) is -0.145. The van der Waals surface area contributed by atoms with Gasteiger partial charge in [-0.25, -0.2) is 8.42 Å².